The zero-order valence-electron chi connectivity index (χ0n) is 14.8. The number of ether oxygens (including phenoxy) is 1. The van der Waals surface area contributed by atoms with E-state index >= 15 is 0 Å². The van der Waals surface area contributed by atoms with Crippen LogP contribution in [0.2, 0.25) is 5.02 Å². The van der Waals surface area contributed by atoms with E-state index in [9.17, 15) is 23.3 Å². The van der Waals surface area contributed by atoms with E-state index in [0.29, 0.717) is 5.56 Å². The number of sulfonamides is 1. The first-order chi connectivity index (χ1) is 12.6. The average Bonchev–Trinajstić information content (AvgIpc) is 2.62. The molecule has 0 saturated heterocycles. The van der Waals surface area contributed by atoms with Crippen molar-refractivity contribution in [2.45, 2.75) is 18.7 Å². The summed E-state index contributed by atoms with van der Waals surface area (Å²) in [5.74, 6) is -0.707. The highest BCUT2D eigenvalue weighted by Crippen LogP contribution is 2.30. The second kappa shape index (κ2) is 7.93. The number of hydrogen-bond acceptors (Lipinski definition) is 6. The lowest BCUT2D eigenvalue weighted by atomic mass is 10.2. The van der Waals surface area contributed by atoms with Crippen molar-refractivity contribution < 1.29 is 22.9 Å². The summed E-state index contributed by atoms with van der Waals surface area (Å²) in [6, 6.07) is 7.83. The molecule has 0 bridgehead atoms. The molecule has 0 aliphatic rings. The largest absolute Gasteiger partial charge is 0.465 e. The van der Waals surface area contributed by atoms with Crippen LogP contribution in [0.1, 0.15) is 22.8 Å². The van der Waals surface area contributed by atoms with E-state index in [1.165, 1.54) is 44.4 Å². The van der Waals surface area contributed by atoms with Gasteiger partial charge in [-0.2, -0.15) is 0 Å². The molecule has 0 N–H and O–H groups in total. The lowest BCUT2D eigenvalue weighted by Crippen LogP contribution is -2.31. The monoisotopic (exact) mass is 412 g/mol. The van der Waals surface area contributed by atoms with Crippen LogP contribution in [0.25, 0.3) is 0 Å². The fourth-order valence-corrected chi connectivity index (χ4v) is 4.18. The summed E-state index contributed by atoms with van der Waals surface area (Å²) >= 11 is 5.98. The van der Waals surface area contributed by atoms with Crippen LogP contribution >= 0.6 is 11.6 Å². The number of aryl methyl sites for hydroxylation is 1. The number of nitrogens with zero attached hydrogens (tertiary/aromatic N) is 2. The maximum absolute atomic E-state index is 13.0. The lowest BCUT2D eigenvalue weighted by Gasteiger charge is -2.23. The number of benzene rings is 2. The molecule has 0 heterocycles. The number of esters is 1. The van der Waals surface area contributed by atoms with E-state index in [4.69, 9.17) is 11.6 Å². The number of carbonyl (C=O) groups is 1. The summed E-state index contributed by atoms with van der Waals surface area (Å²) in [6.45, 7) is 3.16. The van der Waals surface area contributed by atoms with Gasteiger partial charge in [-0.3, -0.25) is 14.4 Å². The minimum absolute atomic E-state index is 0.0141. The molecule has 2 aromatic rings. The molecule has 0 unspecified atom stereocenters. The zero-order valence-corrected chi connectivity index (χ0v) is 16.4. The van der Waals surface area contributed by atoms with Crippen LogP contribution in [0.4, 0.5) is 11.4 Å². The van der Waals surface area contributed by atoms with Crippen LogP contribution in [-0.2, 0) is 14.8 Å². The molecule has 0 aromatic heterocycles. The molecule has 0 fully saturated rings. The highest BCUT2D eigenvalue weighted by Gasteiger charge is 2.27. The van der Waals surface area contributed by atoms with Gasteiger partial charge in [-0.05, 0) is 38.1 Å². The zero-order chi connectivity index (χ0) is 20.4. The van der Waals surface area contributed by atoms with E-state index in [1.807, 2.05) is 0 Å². The predicted octanol–water partition coefficient (Wildman–Crippen LogP) is 3.56. The summed E-state index contributed by atoms with van der Waals surface area (Å²) in [5, 5.41) is 11.2. The van der Waals surface area contributed by atoms with Crippen LogP contribution < -0.4 is 4.31 Å². The molecule has 2 rings (SSSR count). The van der Waals surface area contributed by atoms with Crippen LogP contribution in [0, 0.1) is 17.0 Å². The Kier molecular flexibility index (Phi) is 6.07. The first-order valence-corrected chi connectivity index (χ1v) is 9.61. The van der Waals surface area contributed by atoms with Gasteiger partial charge in [0, 0.05) is 18.2 Å². The van der Waals surface area contributed by atoms with Crippen molar-refractivity contribution in [3.8, 4) is 0 Å². The Morgan fingerprint density at radius 2 is 1.93 bits per heavy atom. The first-order valence-electron chi connectivity index (χ1n) is 7.79. The summed E-state index contributed by atoms with van der Waals surface area (Å²) in [7, 11) is -2.92. The van der Waals surface area contributed by atoms with Gasteiger partial charge in [-0.15, -0.1) is 0 Å². The molecule has 8 nitrogen and oxygen atoms in total. The van der Waals surface area contributed by atoms with Crippen LogP contribution in [0.5, 0.6) is 0 Å². The highest BCUT2D eigenvalue weighted by molar-refractivity contribution is 7.92. The number of anilines is 1. The summed E-state index contributed by atoms with van der Waals surface area (Å²) in [6.07, 6.45) is 0. The van der Waals surface area contributed by atoms with E-state index in [1.54, 1.807) is 6.92 Å². The second-order valence-corrected chi connectivity index (χ2v) is 7.80. The minimum atomic E-state index is -4.11. The van der Waals surface area contributed by atoms with Gasteiger partial charge in [0.05, 0.1) is 33.2 Å². The lowest BCUT2D eigenvalue weighted by molar-refractivity contribution is -0.385. The Morgan fingerprint density at radius 1 is 1.26 bits per heavy atom. The number of halogens is 1. The van der Waals surface area contributed by atoms with Gasteiger partial charge >= 0.3 is 5.97 Å². The molecule has 0 spiro atoms. The van der Waals surface area contributed by atoms with Crippen molar-refractivity contribution in [3.05, 3.63) is 62.7 Å². The normalized spacial score (nSPS) is 11.1. The van der Waals surface area contributed by atoms with Gasteiger partial charge in [0.15, 0.2) is 0 Å². The van der Waals surface area contributed by atoms with Crippen molar-refractivity contribution in [2.75, 3.05) is 18.0 Å². The maximum atomic E-state index is 13.0. The van der Waals surface area contributed by atoms with E-state index in [0.717, 1.165) is 10.4 Å². The molecule has 2 aromatic carbocycles. The molecule has 0 amide bonds. The van der Waals surface area contributed by atoms with Crippen molar-refractivity contribution in [1.29, 1.82) is 0 Å². The van der Waals surface area contributed by atoms with Crippen molar-refractivity contribution >= 4 is 39.0 Å². The predicted molar refractivity (Wildman–Crippen MR) is 101 cm³/mol. The van der Waals surface area contributed by atoms with E-state index < -0.39 is 20.9 Å². The molecule has 0 atom stereocenters. The number of carbonyl (C=O) groups excluding carboxylic acids is 1. The maximum Gasteiger partial charge on any atom is 0.339 e. The Bertz CT molecular complexity index is 1010. The Hall–Kier alpha value is -2.65. The molecule has 0 aliphatic heterocycles. The van der Waals surface area contributed by atoms with Gasteiger partial charge < -0.3 is 4.74 Å². The molecule has 0 radical (unpaired) electrons. The number of methoxy groups -OCH3 is 1. The quantitative estimate of drug-likeness (QED) is 0.408. The van der Waals surface area contributed by atoms with Crippen molar-refractivity contribution in [3.63, 3.8) is 0 Å². The molecular formula is C17H17ClN2O6S. The van der Waals surface area contributed by atoms with Crippen molar-refractivity contribution in [1.82, 2.24) is 0 Å². The molecular weight excluding hydrogens is 396 g/mol. The summed E-state index contributed by atoms with van der Waals surface area (Å²) < 4.78 is 31.8. The van der Waals surface area contributed by atoms with Crippen molar-refractivity contribution in [2.24, 2.45) is 0 Å². The number of rotatable bonds is 6. The second-order valence-electron chi connectivity index (χ2n) is 5.53. The smallest absolute Gasteiger partial charge is 0.339 e. The highest BCUT2D eigenvalue weighted by atomic mass is 35.5. The average molecular weight is 413 g/mol. The standard InChI is InChI=1S/C17H17ClN2O6S/c1-4-19(12-6-8-15(18)14(9-12)17(21)26-3)27(24,25)13-7-5-11(2)16(10-13)20(22)23/h5-10H,4H2,1-3H3. The number of hydrogen-bond donors (Lipinski definition) is 0. The third-order valence-corrected chi connectivity index (χ3v) is 6.12. The Balaban J connectivity index is 2.59. The van der Waals surface area contributed by atoms with Crippen LogP contribution in [0.15, 0.2) is 41.3 Å². The molecule has 0 aliphatic carbocycles. The minimum Gasteiger partial charge on any atom is -0.465 e. The van der Waals surface area contributed by atoms with Gasteiger partial charge in [0.1, 0.15) is 0 Å². The topological polar surface area (TPSA) is 107 Å². The molecule has 0 saturated carbocycles. The summed E-state index contributed by atoms with van der Waals surface area (Å²) in [5.41, 5.74) is 0.255. The number of nitro benzene ring substituents is 1. The number of nitro groups is 1. The third kappa shape index (κ3) is 4.04. The first kappa shape index (κ1) is 20.7. The third-order valence-electron chi connectivity index (χ3n) is 3.90. The fourth-order valence-electron chi connectivity index (χ4n) is 2.50. The van der Waals surface area contributed by atoms with Gasteiger partial charge in [0.2, 0.25) is 0 Å². The van der Waals surface area contributed by atoms with Crippen LogP contribution in [-0.4, -0.2) is 33.0 Å². The molecule has 10 heteroatoms. The SMILES string of the molecule is CCN(c1ccc(Cl)c(C(=O)OC)c1)S(=O)(=O)c1ccc(C)c([N+](=O)[O-])c1. The summed E-state index contributed by atoms with van der Waals surface area (Å²) in [4.78, 5) is 22.1. The Morgan fingerprint density at radius 3 is 2.48 bits per heavy atom. The van der Waals surface area contributed by atoms with Gasteiger partial charge in [-0.25, -0.2) is 13.2 Å². The van der Waals surface area contributed by atoms with Gasteiger partial charge in [0.25, 0.3) is 15.7 Å². The van der Waals surface area contributed by atoms with E-state index in [-0.39, 0.29) is 33.4 Å². The molecule has 27 heavy (non-hydrogen) atoms. The van der Waals surface area contributed by atoms with Gasteiger partial charge in [-0.1, -0.05) is 17.7 Å². The fraction of sp³-hybridized carbons (Fsp3) is 0.235. The molecule has 144 valence electrons. The Labute approximate surface area is 161 Å². The van der Waals surface area contributed by atoms with Crippen LogP contribution in [0.3, 0.4) is 0 Å². The van der Waals surface area contributed by atoms with E-state index in [2.05, 4.69) is 4.74 Å².